The number of halogens is 1. The molecule has 26 heavy (non-hydrogen) atoms. The van der Waals surface area contributed by atoms with Crippen molar-refractivity contribution in [1.82, 2.24) is 4.83 Å². The van der Waals surface area contributed by atoms with Crippen molar-refractivity contribution in [1.29, 1.82) is 0 Å². The Morgan fingerprint density at radius 2 is 1.77 bits per heavy atom. The molecule has 2 aromatic carbocycles. The molecule has 0 unspecified atom stereocenters. The summed E-state index contributed by atoms with van der Waals surface area (Å²) in [6, 6.07) is 9.61. The van der Waals surface area contributed by atoms with Gasteiger partial charge in [0.2, 0.25) is 0 Å². The second kappa shape index (κ2) is 8.91. The van der Waals surface area contributed by atoms with Gasteiger partial charge >= 0.3 is 0 Å². The molecule has 0 radical (unpaired) electrons. The number of hydrogen-bond donors (Lipinski definition) is 1. The summed E-state index contributed by atoms with van der Waals surface area (Å²) in [5.74, 6) is 1.46. The zero-order valence-corrected chi connectivity index (χ0v) is 16.9. The minimum atomic E-state index is -3.83. The highest BCUT2D eigenvalue weighted by Gasteiger charge is 2.16. The summed E-state index contributed by atoms with van der Waals surface area (Å²) in [6.45, 7) is 2.45. The highest BCUT2D eigenvalue weighted by Crippen LogP contribution is 2.29. The molecule has 0 amide bonds. The molecule has 1 N–H and O–H groups in total. The lowest BCUT2D eigenvalue weighted by Gasteiger charge is -2.09. The molecule has 0 saturated heterocycles. The Bertz CT molecular complexity index is 900. The first kappa shape index (κ1) is 20.1. The molecule has 2 aromatic rings. The monoisotopic (exact) mass is 442 g/mol. The summed E-state index contributed by atoms with van der Waals surface area (Å²) in [7, 11) is -0.925. The molecular weight excluding hydrogens is 424 g/mol. The highest BCUT2D eigenvalue weighted by atomic mass is 79.9. The van der Waals surface area contributed by atoms with Gasteiger partial charge in [0.05, 0.1) is 36.4 Å². The first-order valence-corrected chi connectivity index (χ1v) is 9.88. The topological polar surface area (TPSA) is 86.2 Å². The zero-order chi connectivity index (χ0) is 19.2. The van der Waals surface area contributed by atoms with Gasteiger partial charge in [0.25, 0.3) is 10.0 Å². The molecule has 0 aromatic heterocycles. The van der Waals surface area contributed by atoms with Crippen molar-refractivity contribution >= 4 is 32.2 Å². The molecule has 140 valence electrons. The summed E-state index contributed by atoms with van der Waals surface area (Å²) in [4.78, 5) is 2.18. The summed E-state index contributed by atoms with van der Waals surface area (Å²) >= 11 is 3.39. The Kier molecular flexibility index (Phi) is 6.87. The van der Waals surface area contributed by atoms with Gasteiger partial charge in [-0.1, -0.05) is 0 Å². The fourth-order valence-corrected chi connectivity index (χ4v) is 3.39. The van der Waals surface area contributed by atoms with Gasteiger partial charge < -0.3 is 14.2 Å². The number of hydrazone groups is 1. The van der Waals surface area contributed by atoms with E-state index in [0.29, 0.717) is 29.4 Å². The summed E-state index contributed by atoms with van der Waals surface area (Å²) < 4.78 is 41.1. The van der Waals surface area contributed by atoms with Gasteiger partial charge in [-0.3, -0.25) is 0 Å². The summed E-state index contributed by atoms with van der Waals surface area (Å²) in [5.41, 5.74) is 0.704. The molecule has 0 aliphatic rings. The second-order valence-corrected chi connectivity index (χ2v) is 7.51. The van der Waals surface area contributed by atoms with Crippen LogP contribution in [0.3, 0.4) is 0 Å². The number of methoxy groups -OCH3 is 2. The third kappa shape index (κ3) is 4.89. The van der Waals surface area contributed by atoms with Crippen molar-refractivity contribution < 1.29 is 22.6 Å². The quantitative estimate of drug-likeness (QED) is 0.501. The van der Waals surface area contributed by atoms with Crippen molar-refractivity contribution in [2.75, 3.05) is 20.8 Å². The van der Waals surface area contributed by atoms with Gasteiger partial charge in [0.1, 0.15) is 5.75 Å². The largest absolute Gasteiger partial charge is 0.493 e. The molecule has 7 nitrogen and oxygen atoms in total. The van der Waals surface area contributed by atoms with Crippen LogP contribution in [0.25, 0.3) is 0 Å². The fourth-order valence-electron chi connectivity index (χ4n) is 2.08. The number of ether oxygens (including phenoxy) is 3. The van der Waals surface area contributed by atoms with E-state index in [2.05, 4.69) is 25.9 Å². The minimum absolute atomic E-state index is 0.0141. The van der Waals surface area contributed by atoms with Crippen LogP contribution in [0.2, 0.25) is 0 Å². The van der Waals surface area contributed by atoms with Gasteiger partial charge in [-0.05, 0) is 58.7 Å². The van der Waals surface area contributed by atoms with Gasteiger partial charge in [0, 0.05) is 6.07 Å². The Balaban J connectivity index is 2.15. The smallest absolute Gasteiger partial charge is 0.276 e. The van der Waals surface area contributed by atoms with E-state index in [-0.39, 0.29) is 4.90 Å². The predicted molar refractivity (Wildman–Crippen MR) is 103 cm³/mol. The fraction of sp³-hybridized carbons (Fsp3) is 0.235. The van der Waals surface area contributed by atoms with Crippen LogP contribution in [0.5, 0.6) is 17.2 Å². The van der Waals surface area contributed by atoms with Gasteiger partial charge in [-0.25, -0.2) is 4.83 Å². The van der Waals surface area contributed by atoms with Crippen LogP contribution < -0.4 is 19.0 Å². The third-order valence-corrected chi connectivity index (χ3v) is 5.15. The van der Waals surface area contributed by atoms with Crippen LogP contribution in [0.15, 0.2) is 50.9 Å². The van der Waals surface area contributed by atoms with E-state index in [1.807, 2.05) is 6.92 Å². The van der Waals surface area contributed by atoms with E-state index in [9.17, 15) is 8.42 Å². The van der Waals surface area contributed by atoms with Gasteiger partial charge in [-0.15, -0.1) is 0 Å². The molecular formula is C17H19BrN2O5S. The van der Waals surface area contributed by atoms with Crippen LogP contribution in [0, 0.1) is 0 Å². The van der Waals surface area contributed by atoms with Crippen molar-refractivity contribution in [2.45, 2.75) is 11.8 Å². The van der Waals surface area contributed by atoms with E-state index in [1.165, 1.54) is 38.6 Å². The number of hydrogen-bond acceptors (Lipinski definition) is 6. The van der Waals surface area contributed by atoms with E-state index >= 15 is 0 Å². The average Bonchev–Trinajstić information content (AvgIpc) is 2.63. The standard InChI is InChI=1S/C17H19BrN2O5S/c1-4-25-15-7-5-12(9-14(15)18)11-19-20-26(21,22)13-6-8-16(23-2)17(10-13)24-3/h5-11,20H,4H2,1-3H3/b19-11+. The van der Waals surface area contributed by atoms with E-state index in [0.717, 1.165) is 4.47 Å². The zero-order valence-electron chi connectivity index (χ0n) is 14.5. The van der Waals surface area contributed by atoms with Crippen molar-refractivity contribution in [3.8, 4) is 17.2 Å². The van der Waals surface area contributed by atoms with E-state index in [1.54, 1.807) is 18.2 Å². The molecule has 0 bridgehead atoms. The average molecular weight is 443 g/mol. The first-order valence-electron chi connectivity index (χ1n) is 7.60. The van der Waals surface area contributed by atoms with Crippen molar-refractivity contribution in [2.24, 2.45) is 5.10 Å². The normalized spacial score (nSPS) is 11.4. The molecule has 0 saturated carbocycles. The van der Waals surface area contributed by atoms with Crippen LogP contribution >= 0.6 is 15.9 Å². The molecule has 0 fully saturated rings. The Morgan fingerprint density at radius 3 is 2.38 bits per heavy atom. The number of rotatable bonds is 8. The predicted octanol–water partition coefficient (Wildman–Crippen LogP) is 3.18. The molecule has 9 heteroatoms. The molecule has 0 atom stereocenters. The van der Waals surface area contributed by atoms with Crippen LogP contribution in [-0.2, 0) is 10.0 Å². The summed E-state index contributed by atoms with van der Waals surface area (Å²) in [6.07, 6.45) is 1.40. The maximum absolute atomic E-state index is 12.3. The maximum Gasteiger partial charge on any atom is 0.276 e. The number of nitrogens with one attached hydrogen (secondary N) is 1. The van der Waals surface area contributed by atoms with Gasteiger partial charge in [0.15, 0.2) is 11.5 Å². The molecule has 0 aliphatic carbocycles. The summed E-state index contributed by atoms with van der Waals surface area (Å²) in [5, 5.41) is 3.81. The molecule has 0 heterocycles. The van der Waals surface area contributed by atoms with E-state index < -0.39 is 10.0 Å². The lowest BCUT2D eigenvalue weighted by atomic mass is 10.2. The van der Waals surface area contributed by atoms with E-state index in [4.69, 9.17) is 14.2 Å². The Labute approximate surface area is 161 Å². The molecule has 2 rings (SSSR count). The molecule has 0 spiro atoms. The number of nitrogens with zero attached hydrogens (tertiary/aromatic N) is 1. The van der Waals surface area contributed by atoms with Crippen molar-refractivity contribution in [3.63, 3.8) is 0 Å². The number of benzene rings is 2. The van der Waals surface area contributed by atoms with Gasteiger partial charge in [-0.2, -0.15) is 13.5 Å². The maximum atomic E-state index is 12.3. The highest BCUT2D eigenvalue weighted by molar-refractivity contribution is 9.10. The lowest BCUT2D eigenvalue weighted by Crippen LogP contribution is -2.18. The Hall–Kier alpha value is -2.26. The molecule has 0 aliphatic heterocycles. The van der Waals surface area contributed by atoms with Crippen molar-refractivity contribution in [3.05, 3.63) is 46.4 Å². The first-order chi connectivity index (χ1) is 12.4. The van der Waals surface area contributed by atoms with Crippen LogP contribution in [0.4, 0.5) is 0 Å². The van der Waals surface area contributed by atoms with Crippen LogP contribution in [-0.4, -0.2) is 35.5 Å². The van der Waals surface area contributed by atoms with Crippen LogP contribution in [0.1, 0.15) is 12.5 Å². The third-order valence-electron chi connectivity index (χ3n) is 3.31. The minimum Gasteiger partial charge on any atom is -0.493 e. The second-order valence-electron chi connectivity index (χ2n) is 4.99. The SMILES string of the molecule is CCOc1ccc(/C=N/NS(=O)(=O)c2ccc(OC)c(OC)c2)cc1Br. The lowest BCUT2D eigenvalue weighted by molar-refractivity contribution is 0.338. The Morgan fingerprint density at radius 1 is 1.08 bits per heavy atom. The number of sulfonamides is 1.